The van der Waals surface area contributed by atoms with Crippen LogP contribution in [0.25, 0.3) is 0 Å². The Morgan fingerprint density at radius 3 is 2.64 bits per heavy atom. The third-order valence-corrected chi connectivity index (χ3v) is 5.55. The van der Waals surface area contributed by atoms with Crippen LogP contribution < -0.4 is 16.0 Å². The van der Waals surface area contributed by atoms with Crippen molar-refractivity contribution in [3.05, 3.63) is 34.9 Å². The molecule has 1 aromatic carbocycles. The quantitative estimate of drug-likeness (QED) is 0.247. The second kappa shape index (κ2) is 9.78. The van der Waals surface area contributed by atoms with Crippen molar-refractivity contribution in [3.8, 4) is 0 Å². The van der Waals surface area contributed by atoms with Gasteiger partial charge in [-0.05, 0) is 50.3 Å². The van der Waals surface area contributed by atoms with E-state index >= 15 is 0 Å². The fourth-order valence-electron chi connectivity index (χ4n) is 3.74. The van der Waals surface area contributed by atoms with Crippen LogP contribution >= 0.6 is 35.6 Å². The summed E-state index contributed by atoms with van der Waals surface area (Å²) in [6.45, 7) is 6.76. The number of carbonyl (C=O) groups excluding carboxylic acids is 2. The van der Waals surface area contributed by atoms with E-state index in [1.165, 1.54) is 0 Å². The monoisotopic (exact) mass is 519 g/mol. The number of imide groups is 1. The summed E-state index contributed by atoms with van der Waals surface area (Å²) in [4.78, 5) is 30.6. The van der Waals surface area contributed by atoms with E-state index in [0.29, 0.717) is 11.6 Å². The average molecular weight is 520 g/mol. The lowest BCUT2D eigenvalue weighted by molar-refractivity contribution is -0.125. The van der Waals surface area contributed by atoms with Crippen LogP contribution in [0.4, 0.5) is 4.79 Å². The molecule has 3 amide bonds. The Morgan fingerprint density at radius 1 is 1.36 bits per heavy atom. The molecule has 2 aliphatic rings. The van der Waals surface area contributed by atoms with Gasteiger partial charge in [-0.15, -0.1) is 24.0 Å². The molecule has 7 nitrogen and oxygen atoms in total. The van der Waals surface area contributed by atoms with Crippen LogP contribution in [0.5, 0.6) is 0 Å². The minimum atomic E-state index is -0.820. The highest BCUT2D eigenvalue weighted by atomic mass is 127. The molecule has 0 aliphatic carbocycles. The number of benzene rings is 1. The number of aliphatic imine (C=N–C) groups is 1. The summed E-state index contributed by atoms with van der Waals surface area (Å²) < 4.78 is 0. The Balaban J connectivity index is 0.00000280. The second-order valence-electron chi connectivity index (χ2n) is 7.17. The van der Waals surface area contributed by atoms with Crippen molar-refractivity contribution in [2.45, 2.75) is 38.8 Å². The van der Waals surface area contributed by atoms with E-state index < -0.39 is 11.6 Å². The van der Waals surface area contributed by atoms with Gasteiger partial charge in [0.15, 0.2) is 5.96 Å². The van der Waals surface area contributed by atoms with E-state index in [-0.39, 0.29) is 35.8 Å². The van der Waals surface area contributed by atoms with E-state index in [0.717, 1.165) is 44.0 Å². The molecule has 1 atom stereocenters. The molecule has 9 heteroatoms. The number of nitrogens with zero attached hydrogens (tertiary/aromatic N) is 2. The van der Waals surface area contributed by atoms with Crippen LogP contribution in [0, 0.1) is 5.92 Å². The first-order valence-corrected chi connectivity index (χ1v) is 9.71. The van der Waals surface area contributed by atoms with Gasteiger partial charge in [-0.25, -0.2) is 9.79 Å². The zero-order chi connectivity index (χ0) is 19.4. The lowest BCUT2D eigenvalue weighted by Crippen LogP contribution is -2.55. The largest absolute Gasteiger partial charge is 0.357 e. The zero-order valence-corrected chi connectivity index (χ0v) is 19.2. The molecule has 0 spiro atoms. The minimum absolute atomic E-state index is 0. The normalized spacial score (nSPS) is 23.1. The fourth-order valence-corrected chi connectivity index (χ4v) is 3.95. The Hall–Kier alpha value is -1.55. The highest BCUT2D eigenvalue weighted by Gasteiger charge is 2.48. The Morgan fingerprint density at radius 2 is 2.07 bits per heavy atom. The van der Waals surface area contributed by atoms with Crippen molar-refractivity contribution in [2.75, 3.05) is 19.6 Å². The maximum absolute atomic E-state index is 12.2. The first kappa shape index (κ1) is 22.7. The van der Waals surface area contributed by atoms with Gasteiger partial charge in [-0.2, -0.15) is 0 Å². The molecule has 1 unspecified atom stereocenters. The summed E-state index contributed by atoms with van der Waals surface area (Å²) in [6, 6.07) is 7.30. The third kappa shape index (κ3) is 5.08. The lowest BCUT2D eigenvalue weighted by Gasteiger charge is -2.39. The zero-order valence-electron chi connectivity index (χ0n) is 16.1. The van der Waals surface area contributed by atoms with Crippen molar-refractivity contribution < 1.29 is 9.59 Å². The predicted molar refractivity (Wildman–Crippen MR) is 121 cm³/mol. The van der Waals surface area contributed by atoms with E-state index in [4.69, 9.17) is 16.6 Å². The summed E-state index contributed by atoms with van der Waals surface area (Å²) in [5.74, 6) is 0.740. The molecule has 3 N–H and O–H groups in total. The van der Waals surface area contributed by atoms with Gasteiger partial charge < -0.3 is 15.5 Å². The van der Waals surface area contributed by atoms with Gasteiger partial charge in [0.2, 0.25) is 0 Å². The third-order valence-electron chi connectivity index (χ3n) is 5.32. The maximum Gasteiger partial charge on any atom is 0.322 e. The second-order valence-corrected chi connectivity index (χ2v) is 7.61. The Labute approximate surface area is 187 Å². The van der Waals surface area contributed by atoms with Crippen molar-refractivity contribution in [3.63, 3.8) is 0 Å². The molecule has 28 heavy (non-hydrogen) atoms. The van der Waals surface area contributed by atoms with Crippen molar-refractivity contribution >= 4 is 53.5 Å². The van der Waals surface area contributed by atoms with Gasteiger partial charge in [0.1, 0.15) is 5.54 Å². The number of carbonyl (C=O) groups is 2. The molecular formula is C19H27ClIN5O2. The summed E-state index contributed by atoms with van der Waals surface area (Å²) >= 11 is 6.05. The fraction of sp³-hybridized carbons (Fsp3) is 0.526. The molecule has 3 rings (SSSR count). The molecule has 0 radical (unpaired) electrons. The Kier molecular flexibility index (Phi) is 7.94. The van der Waals surface area contributed by atoms with E-state index in [1.807, 2.05) is 38.1 Å². The van der Waals surface area contributed by atoms with Gasteiger partial charge in [0, 0.05) is 24.7 Å². The highest BCUT2D eigenvalue weighted by Crippen LogP contribution is 2.30. The summed E-state index contributed by atoms with van der Waals surface area (Å²) in [7, 11) is 0. The van der Waals surface area contributed by atoms with E-state index in [2.05, 4.69) is 20.9 Å². The van der Waals surface area contributed by atoms with Crippen LogP contribution in [0.2, 0.25) is 5.02 Å². The van der Waals surface area contributed by atoms with Crippen LogP contribution in [0.15, 0.2) is 29.3 Å². The molecule has 2 fully saturated rings. The highest BCUT2D eigenvalue weighted by molar-refractivity contribution is 14.0. The van der Waals surface area contributed by atoms with Gasteiger partial charge in [0.05, 0.1) is 6.54 Å². The van der Waals surface area contributed by atoms with E-state index in [9.17, 15) is 9.59 Å². The number of piperidine rings is 1. The van der Waals surface area contributed by atoms with Gasteiger partial charge >= 0.3 is 6.03 Å². The van der Waals surface area contributed by atoms with E-state index in [1.54, 1.807) is 0 Å². The van der Waals surface area contributed by atoms with Crippen LogP contribution in [0.1, 0.15) is 32.3 Å². The smallest absolute Gasteiger partial charge is 0.322 e. The molecule has 2 saturated heterocycles. The predicted octanol–water partition coefficient (Wildman–Crippen LogP) is 2.73. The number of likely N-dealkylation sites (tertiary alicyclic amines) is 1. The summed E-state index contributed by atoms with van der Waals surface area (Å²) in [6.07, 6.45) is 1.62. The molecular weight excluding hydrogens is 493 g/mol. The number of halogens is 2. The van der Waals surface area contributed by atoms with Crippen molar-refractivity contribution in [1.29, 1.82) is 0 Å². The topological polar surface area (TPSA) is 85.8 Å². The van der Waals surface area contributed by atoms with Crippen LogP contribution in [0.3, 0.4) is 0 Å². The number of hydrogen-bond acceptors (Lipinski definition) is 3. The number of amides is 3. The lowest BCUT2D eigenvalue weighted by atomic mass is 9.79. The molecule has 2 aliphatic heterocycles. The summed E-state index contributed by atoms with van der Waals surface area (Å²) in [5.41, 5.74) is 0.241. The maximum atomic E-state index is 12.2. The number of guanidine groups is 1. The summed E-state index contributed by atoms with van der Waals surface area (Å²) in [5, 5.41) is 9.19. The van der Waals surface area contributed by atoms with Gasteiger partial charge in [-0.3, -0.25) is 10.1 Å². The van der Waals surface area contributed by atoms with Gasteiger partial charge in [-0.1, -0.05) is 23.7 Å². The van der Waals surface area contributed by atoms with Crippen molar-refractivity contribution in [2.24, 2.45) is 10.9 Å². The van der Waals surface area contributed by atoms with Crippen LogP contribution in [-0.4, -0.2) is 48.0 Å². The molecule has 0 bridgehead atoms. The molecule has 1 aromatic rings. The Bertz CT molecular complexity index is 752. The molecule has 0 aromatic heterocycles. The number of nitrogens with one attached hydrogen (secondary N) is 3. The number of urea groups is 1. The number of rotatable bonds is 4. The molecule has 2 heterocycles. The van der Waals surface area contributed by atoms with Crippen LogP contribution in [-0.2, 0) is 11.3 Å². The standard InChI is InChI=1S/C19H26ClN5O2.HI/c1-3-21-17(22-12-13-5-4-6-15(20)11-13)25-9-7-14(8-10-25)19(2)16(26)23-18(27)24-19;/h4-6,11,14H,3,7-10,12H2,1-2H3,(H,21,22)(H2,23,24,26,27);1H. The molecule has 0 saturated carbocycles. The minimum Gasteiger partial charge on any atom is -0.357 e. The average Bonchev–Trinajstić information content (AvgIpc) is 2.91. The first-order chi connectivity index (χ1) is 12.9. The number of hydrogen-bond donors (Lipinski definition) is 3. The first-order valence-electron chi connectivity index (χ1n) is 9.33. The SMILES string of the molecule is CCNC(=NCc1cccc(Cl)c1)N1CCC(C2(C)NC(=O)NC2=O)CC1.I. The van der Waals surface area contributed by atoms with Gasteiger partial charge in [0.25, 0.3) is 5.91 Å². The van der Waals surface area contributed by atoms with Crippen molar-refractivity contribution in [1.82, 2.24) is 20.9 Å². The molecule has 154 valence electrons.